The molecule has 26 nitrogen and oxygen atoms in total. The molecule has 0 fully saturated rings. The molecule has 0 spiro atoms. The summed E-state index contributed by atoms with van der Waals surface area (Å²) in [6.45, 7) is -5.71. The second kappa shape index (κ2) is 64.8. The van der Waals surface area contributed by atoms with Gasteiger partial charge in [-0.1, -0.05) is 53.2 Å². The van der Waals surface area contributed by atoms with Crippen LogP contribution in [0, 0.1) is 0 Å². The second-order valence-electron chi connectivity index (χ2n) is 10.4. The summed E-state index contributed by atoms with van der Waals surface area (Å²) < 4.78 is 78.8. The van der Waals surface area contributed by atoms with Gasteiger partial charge in [0.25, 0.3) is 0 Å². The van der Waals surface area contributed by atoms with Gasteiger partial charge in [0.1, 0.15) is 0 Å². The van der Waals surface area contributed by atoms with Gasteiger partial charge in [0.05, 0.1) is 0 Å². The van der Waals surface area contributed by atoms with Crippen molar-refractivity contribution in [3.63, 3.8) is 0 Å². The van der Waals surface area contributed by atoms with Gasteiger partial charge in [-0.05, 0) is 0 Å². The average Bonchev–Trinajstić information content (AvgIpc) is 2.75. The monoisotopic (exact) mass is 1380 g/mol. The van der Waals surface area contributed by atoms with Gasteiger partial charge < -0.3 is 100 Å². The van der Waals surface area contributed by atoms with E-state index in [-0.39, 0.29) is 719 Å². The van der Waals surface area contributed by atoms with E-state index in [1.54, 1.807) is 0 Å². The predicted octanol–water partition coefficient (Wildman–Crippen LogP) is -54.3. The smallest absolute Gasteiger partial charge is 0.810 e. The van der Waals surface area contributed by atoms with Crippen molar-refractivity contribution < 1.29 is 820 Å². The summed E-state index contributed by atoms with van der Waals surface area (Å²) in [6.07, 6.45) is -10.1. The minimum atomic E-state index is -5.47. The minimum Gasteiger partial charge on any atom is -0.810 e. The van der Waals surface area contributed by atoms with E-state index in [0.717, 1.165) is 4.90 Å². The van der Waals surface area contributed by atoms with E-state index >= 15 is 0 Å². The van der Waals surface area contributed by atoms with E-state index in [4.69, 9.17) is 0 Å². The number of hydrogen-bond donors (Lipinski definition) is 0. The van der Waals surface area contributed by atoms with Crippen LogP contribution in [0.15, 0.2) is 0 Å². The molecule has 0 saturated carbocycles. The third-order valence-electron chi connectivity index (χ3n) is 5.54. The quantitative estimate of drug-likeness (QED) is 0.0573. The Hall–Kier alpha value is 23.8. The van der Waals surface area contributed by atoms with Crippen LogP contribution >= 0.6 is 53.2 Å². The molecule has 0 aliphatic rings. The van der Waals surface area contributed by atoms with Gasteiger partial charge in [-0.15, -0.1) is 0 Å². The Bertz CT molecular complexity index is 1240. The third kappa shape index (κ3) is 92.5. The van der Waals surface area contributed by atoms with Crippen LogP contribution in [0.3, 0.4) is 0 Å². The molecule has 0 amide bonds. The Labute approximate surface area is 959 Å². The summed E-state index contributed by atoms with van der Waals surface area (Å²) in [5, 5.41) is 0. The first-order valence-electron chi connectivity index (χ1n) is 12.8. The first-order valence-corrected chi connectivity index (χ1v) is 24.9. The topological polar surface area (TPSA) is 459 Å². The van der Waals surface area contributed by atoms with Crippen LogP contribution < -0.4 is 788 Å². The van der Waals surface area contributed by atoms with Gasteiger partial charge in [0.15, 0.2) is 0 Å². The summed E-state index contributed by atoms with van der Waals surface area (Å²) >= 11 is 0. The standard InChI is InChI=1S/C15H44N5O21P7.14K/c21-42(22,23)9-16(1-3-17(10-43(24,25)26)5-7-19(12-45(30,31)32)13-46(33,34)35)2-4-18(11-44(27,28)29)6-8-20(14-47(36,37)38)15-48(39,40)41;;;;;;;;;;;;;;/h1-15H2,(H2,21,22,23)(H2,24,25,26)(H2,27,28,29)(H2,30,31,32)(H2,33,34,35)(H2,36,37,38)(H2,39,40,41);;;;;;;;;;;;;;/q;14*+1/p-14. The zero-order valence-corrected chi connectivity index (χ0v) is 88.5. The molecule has 0 aromatic rings. The SMILES string of the molecule is O=P([O-])([O-])CN(CCN(CCN(CP(=O)([O-])[O-])CP(=O)([O-])[O-])CP(=O)([O-])[O-])CCN(CCN(CP(=O)([O-])[O-])CP(=O)([O-])[O-])CP(=O)([O-])[O-].[K+].[K+].[K+].[K+].[K+].[K+].[K+].[K+].[K+].[K+].[K+].[K+].[K+].[K+]. The van der Waals surface area contributed by atoms with Crippen LogP contribution in [0.25, 0.3) is 0 Å². The van der Waals surface area contributed by atoms with Crippen LogP contribution in [0.4, 0.5) is 0 Å². The fourth-order valence-corrected chi connectivity index (χ4v) is 9.54. The minimum absolute atomic E-state index is 0. The largest absolute Gasteiger partial charge is 1.00 e. The van der Waals surface area contributed by atoms with Gasteiger partial charge in [0.2, 0.25) is 0 Å². The van der Waals surface area contributed by atoms with Gasteiger partial charge in [-0.25, -0.2) is 0 Å². The predicted molar refractivity (Wildman–Crippen MR) is 135 cm³/mol. The molecule has 0 aromatic carbocycles. The third-order valence-corrected chi connectivity index (χ3v) is 10.8. The van der Waals surface area contributed by atoms with E-state index in [9.17, 15) is 100 Å². The molecule has 0 aliphatic carbocycles. The molecule has 0 bridgehead atoms. The van der Waals surface area contributed by atoms with Crippen molar-refractivity contribution >= 4 is 53.2 Å². The maximum absolute atomic E-state index is 11.5. The van der Waals surface area contributed by atoms with E-state index in [0.29, 0.717) is 19.6 Å². The number of nitrogens with zero attached hydrogens (tertiary/aromatic N) is 5. The maximum atomic E-state index is 11.5. The van der Waals surface area contributed by atoms with E-state index in [1.165, 1.54) is 0 Å². The number of hydrogen-bond acceptors (Lipinski definition) is 26. The van der Waals surface area contributed by atoms with Crippen molar-refractivity contribution in [2.45, 2.75) is 0 Å². The van der Waals surface area contributed by atoms with E-state index in [2.05, 4.69) is 0 Å². The normalized spacial score (nSPS) is 11.4. The molecule has 0 atom stereocenters. The Morgan fingerprint density at radius 2 is 0.274 bits per heavy atom. The van der Waals surface area contributed by atoms with Crippen molar-refractivity contribution in [3.05, 3.63) is 0 Å². The van der Waals surface area contributed by atoms with Crippen molar-refractivity contribution in [2.24, 2.45) is 0 Å². The van der Waals surface area contributed by atoms with Gasteiger partial charge >= 0.3 is 719 Å². The molecule has 290 valence electrons. The second-order valence-corrected chi connectivity index (χ2v) is 20.9. The van der Waals surface area contributed by atoms with Crippen molar-refractivity contribution in [1.29, 1.82) is 0 Å². The Morgan fingerprint density at radius 1 is 0.194 bits per heavy atom. The fourth-order valence-electron chi connectivity index (χ4n) is 3.98. The Kier molecular flexibility index (Phi) is 129. The maximum Gasteiger partial charge on any atom is 1.00 e. The molecule has 0 heterocycles. The molecule has 0 aromatic heterocycles. The van der Waals surface area contributed by atoms with Crippen LogP contribution in [0.2, 0.25) is 0 Å². The van der Waals surface area contributed by atoms with Gasteiger partial charge in [-0.2, -0.15) is 0 Å². The molecular weight excluding hydrogens is 1350 g/mol. The Morgan fingerprint density at radius 3 is 0.371 bits per heavy atom. The summed E-state index contributed by atoms with van der Waals surface area (Å²) in [5.74, 6) is 0. The van der Waals surface area contributed by atoms with Crippen LogP contribution in [-0.2, 0) is 32.0 Å². The van der Waals surface area contributed by atoms with Crippen molar-refractivity contribution in [1.82, 2.24) is 24.5 Å². The summed E-state index contributed by atoms with van der Waals surface area (Å²) in [7, 11) is -38.3. The fraction of sp³-hybridized carbons (Fsp3) is 1.00. The molecule has 0 N–H and O–H groups in total. The molecular formula is C15H30K14N5O21P7. The average molecular weight is 1380 g/mol. The zero-order valence-electron chi connectivity index (χ0n) is 38.5. The zero-order chi connectivity index (χ0) is 38.0. The van der Waals surface area contributed by atoms with E-state index in [1.807, 2.05) is 0 Å². The van der Waals surface area contributed by atoms with Crippen LogP contribution in [0.5, 0.6) is 0 Å². The first-order chi connectivity index (χ1) is 21.1. The van der Waals surface area contributed by atoms with Crippen LogP contribution in [0.1, 0.15) is 0 Å². The van der Waals surface area contributed by atoms with E-state index < -0.39 is 150 Å². The molecule has 0 radical (unpaired) electrons. The summed E-state index contributed by atoms with van der Waals surface area (Å²) in [5.41, 5.74) is 0. The summed E-state index contributed by atoms with van der Waals surface area (Å²) in [6, 6.07) is 0. The van der Waals surface area contributed by atoms with Gasteiger partial charge in [-0.3, -0.25) is 24.5 Å². The van der Waals surface area contributed by atoms with Crippen molar-refractivity contribution in [2.75, 3.05) is 96.4 Å². The van der Waals surface area contributed by atoms with Crippen molar-refractivity contribution in [3.8, 4) is 0 Å². The molecule has 0 unspecified atom stereocenters. The molecule has 0 rings (SSSR count). The molecule has 62 heavy (non-hydrogen) atoms. The molecule has 0 saturated heterocycles. The Balaban J connectivity index is -0.000000121. The molecule has 47 heteroatoms. The van der Waals surface area contributed by atoms with Crippen LogP contribution in [-0.4, -0.2) is 121 Å². The summed E-state index contributed by atoms with van der Waals surface area (Å²) in [4.78, 5) is 160. The number of rotatable bonds is 26. The first kappa shape index (κ1) is 123. The van der Waals surface area contributed by atoms with Gasteiger partial charge in [0, 0.05) is 96.4 Å². The molecule has 0 aliphatic heterocycles.